The van der Waals surface area contributed by atoms with E-state index in [1.54, 1.807) is 16.3 Å². The molecular formula is C19H23N3OS. The van der Waals surface area contributed by atoms with Gasteiger partial charge in [-0.05, 0) is 43.4 Å². The lowest BCUT2D eigenvalue weighted by molar-refractivity contribution is 0.217. The maximum absolute atomic E-state index is 6.08. The second kappa shape index (κ2) is 6.95. The van der Waals surface area contributed by atoms with Crippen LogP contribution in [0.2, 0.25) is 0 Å². The van der Waals surface area contributed by atoms with Crippen LogP contribution in [0.15, 0.2) is 41.4 Å². The number of amidine groups is 1. The van der Waals surface area contributed by atoms with Crippen molar-refractivity contribution in [3.8, 4) is 5.06 Å². The first kappa shape index (κ1) is 15.7. The van der Waals surface area contributed by atoms with Gasteiger partial charge in [0.05, 0.1) is 19.2 Å². The van der Waals surface area contributed by atoms with Crippen LogP contribution in [0.1, 0.15) is 41.7 Å². The molecule has 1 aromatic heterocycles. The quantitative estimate of drug-likeness (QED) is 0.846. The van der Waals surface area contributed by atoms with E-state index in [0.717, 1.165) is 36.0 Å². The number of hydrazine groups is 1. The van der Waals surface area contributed by atoms with E-state index in [1.807, 2.05) is 0 Å². The van der Waals surface area contributed by atoms with Gasteiger partial charge >= 0.3 is 0 Å². The fraction of sp³-hybridized carbons (Fsp3) is 0.421. The van der Waals surface area contributed by atoms with Gasteiger partial charge in [-0.15, -0.1) is 11.3 Å². The SMILES string of the molecule is NN1CCN=C1c1ccc(Cc2ccc(OC3CCCC3)s2)cc1. The monoisotopic (exact) mass is 341 g/mol. The summed E-state index contributed by atoms with van der Waals surface area (Å²) in [6.45, 7) is 1.59. The standard InChI is InChI=1S/C19H23N3OS/c20-22-12-11-21-19(22)15-7-5-14(6-8-15)13-17-9-10-18(24-17)23-16-3-1-2-4-16/h5-10,16H,1-4,11-13,20H2. The van der Waals surface area contributed by atoms with Crippen molar-refractivity contribution in [3.05, 3.63) is 52.4 Å². The van der Waals surface area contributed by atoms with Gasteiger partial charge in [0.25, 0.3) is 0 Å². The predicted octanol–water partition coefficient (Wildman–Crippen LogP) is 3.60. The molecule has 0 atom stereocenters. The average Bonchev–Trinajstić information content (AvgIpc) is 3.32. The zero-order valence-corrected chi connectivity index (χ0v) is 14.6. The lowest BCUT2D eigenvalue weighted by Gasteiger charge is -2.13. The maximum Gasteiger partial charge on any atom is 0.174 e. The molecule has 1 aromatic carbocycles. The third kappa shape index (κ3) is 3.47. The van der Waals surface area contributed by atoms with Crippen molar-refractivity contribution in [2.24, 2.45) is 10.8 Å². The minimum Gasteiger partial charge on any atom is -0.481 e. The van der Waals surface area contributed by atoms with Crippen LogP contribution >= 0.6 is 11.3 Å². The third-order valence-corrected chi connectivity index (χ3v) is 5.66. The molecule has 24 heavy (non-hydrogen) atoms. The highest BCUT2D eigenvalue weighted by molar-refractivity contribution is 7.13. The first-order valence-electron chi connectivity index (χ1n) is 8.69. The molecule has 126 valence electrons. The van der Waals surface area contributed by atoms with Gasteiger partial charge in [0.1, 0.15) is 5.84 Å². The second-order valence-electron chi connectivity index (χ2n) is 6.52. The van der Waals surface area contributed by atoms with Crippen molar-refractivity contribution < 1.29 is 4.74 Å². The Balaban J connectivity index is 1.39. The second-order valence-corrected chi connectivity index (χ2v) is 7.65. The Bertz CT molecular complexity index is 716. The van der Waals surface area contributed by atoms with Gasteiger partial charge in [0.15, 0.2) is 5.06 Å². The molecule has 0 bridgehead atoms. The summed E-state index contributed by atoms with van der Waals surface area (Å²) in [5.41, 5.74) is 2.39. The van der Waals surface area contributed by atoms with E-state index in [2.05, 4.69) is 41.4 Å². The number of aliphatic imine (C=N–C) groups is 1. The Morgan fingerprint density at radius 1 is 1.12 bits per heavy atom. The Morgan fingerprint density at radius 2 is 1.92 bits per heavy atom. The number of ether oxygens (including phenoxy) is 1. The summed E-state index contributed by atoms with van der Waals surface area (Å²) in [5, 5.41) is 2.79. The number of hydrogen-bond donors (Lipinski definition) is 1. The molecule has 0 radical (unpaired) electrons. The Kier molecular flexibility index (Phi) is 4.54. The van der Waals surface area contributed by atoms with Crippen LogP contribution in [0.4, 0.5) is 0 Å². The van der Waals surface area contributed by atoms with Crippen molar-refractivity contribution in [1.29, 1.82) is 0 Å². The van der Waals surface area contributed by atoms with Gasteiger partial charge < -0.3 is 4.74 Å². The number of benzene rings is 1. The van der Waals surface area contributed by atoms with E-state index in [9.17, 15) is 0 Å². The Morgan fingerprint density at radius 3 is 2.62 bits per heavy atom. The molecule has 5 heteroatoms. The smallest absolute Gasteiger partial charge is 0.174 e. The molecule has 2 heterocycles. The highest BCUT2D eigenvalue weighted by atomic mass is 32.1. The fourth-order valence-electron chi connectivity index (χ4n) is 3.38. The minimum absolute atomic E-state index is 0.433. The molecule has 1 saturated carbocycles. The molecule has 0 unspecified atom stereocenters. The van der Waals surface area contributed by atoms with Gasteiger partial charge in [-0.3, -0.25) is 10.0 Å². The predicted molar refractivity (Wildman–Crippen MR) is 98.7 cm³/mol. The molecule has 1 aliphatic carbocycles. The van der Waals surface area contributed by atoms with Gasteiger partial charge in [-0.2, -0.15) is 0 Å². The van der Waals surface area contributed by atoms with Crippen molar-refractivity contribution in [3.63, 3.8) is 0 Å². The molecular weight excluding hydrogens is 318 g/mol. The van der Waals surface area contributed by atoms with E-state index in [0.29, 0.717) is 6.10 Å². The molecule has 1 aliphatic heterocycles. The Hall–Kier alpha value is -1.85. The lowest BCUT2D eigenvalue weighted by Crippen LogP contribution is -2.34. The maximum atomic E-state index is 6.08. The topological polar surface area (TPSA) is 50.8 Å². The van der Waals surface area contributed by atoms with Crippen LogP contribution in [0.25, 0.3) is 0 Å². The largest absolute Gasteiger partial charge is 0.481 e. The Labute approximate surface area is 146 Å². The number of nitrogens with zero attached hydrogens (tertiary/aromatic N) is 2. The highest BCUT2D eigenvalue weighted by Gasteiger charge is 2.17. The first-order valence-corrected chi connectivity index (χ1v) is 9.51. The van der Waals surface area contributed by atoms with Crippen LogP contribution < -0.4 is 10.6 Å². The molecule has 2 aromatic rings. The fourth-order valence-corrected chi connectivity index (χ4v) is 4.33. The average molecular weight is 341 g/mol. The number of nitrogens with two attached hydrogens (primary N) is 1. The molecule has 4 nitrogen and oxygen atoms in total. The summed E-state index contributed by atoms with van der Waals surface area (Å²) in [4.78, 5) is 5.80. The van der Waals surface area contributed by atoms with E-state index in [-0.39, 0.29) is 0 Å². The van der Waals surface area contributed by atoms with Crippen LogP contribution in [-0.2, 0) is 6.42 Å². The van der Waals surface area contributed by atoms with E-state index in [4.69, 9.17) is 10.6 Å². The summed E-state index contributed by atoms with van der Waals surface area (Å²) < 4.78 is 6.08. The number of thiophene rings is 1. The first-order chi connectivity index (χ1) is 11.8. The lowest BCUT2D eigenvalue weighted by atomic mass is 10.1. The van der Waals surface area contributed by atoms with Crippen molar-refractivity contribution >= 4 is 17.2 Å². The van der Waals surface area contributed by atoms with Gasteiger partial charge in [-0.1, -0.05) is 24.3 Å². The summed E-state index contributed by atoms with van der Waals surface area (Å²) in [6.07, 6.45) is 6.40. The molecule has 2 N–H and O–H groups in total. The summed E-state index contributed by atoms with van der Waals surface area (Å²) in [6, 6.07) is 12.9. The zero-order valence-electron chi connectivity index (χ0n) is 13.8. The summed E-state index contributed by atoms with van der Waals surface area (Å²) >= 11 is 1.77. The molecule has 0 amide bonds. The minimum atomic E-state index is 0.433. The van der Waals surface area contributed by atoms with Crippen LogP contribution in [0.5, 0.6) is 5.06 Å². The van der Waals surface area contributed by atoms with Crippen LogP contribution in [0, 0.1) is 0 Å². The molecule has 2 aliphatic rings. The number of hydrogen-bond acceptors (Lipinski definition) is 5. The van der Waals surface area contributed by atoms with E-state index < -0.39 is 0 Å². The van der Waals surface area contributed by atoms with Crippen molar-refractivity contribution in [2.75, 3.05) is 13.1 Å². The van der Waals surface area contributed by atoms with Crippen molar-refractivity contribution in [1.82, 2.24) is 5.01 Å². The van der Waals surface area contributed by atoms with Crippen molar-refractivity contribution in [2.45, 2.75) is 38.2 Å². The van der Waals surface area contributed by atoms with Gasteiger partial charge in [-0.25, -0.2) is 5.84 Å². The highest BCUT2D eigenvalue weighted by Crippen LogP contribution is 2.31. The third-order valence-electron chi connectivity index (χ3n) is 4.69. The summed E-state index contributed by atoms with van der Waals surface area (Å²) in [7, 11) is 0. The molecule has 4 rings (SSSR count). The number of rotatable bonds is 5. The van der Waals surface area contributed by atoms with E-state index >= 15 is 0 Å². The summed E-state index contributed by atoms with van der Waals surface area (Å²) in [5.74, 6) is 6.83. The molecule has 0 saturated heterocycles. The van der Waals surface area contributed by atoms with Crippen LogP contribution in [-0.4, -0.2) is 30.0 Å². The van der Waals surface area contributed by atoms with Gasteiger partial charge in [0, 0.05) is 16.9 Å². The van der Waals surface area contributed by atoms with Crippen LogP contribution in [0.3, 0.4) is 0 Å². The zero-order chi connectivity index (χ0) is 16.4. The molecule has 1 fully saturated rings. The normalized spacial score (nSPS) is 18.2. The molecule has 0 spiro atoms. The van der Waals surface area contributed by atoms with Gasteiger partial charge in [0.2, 0.25) is 0 Å². The van der Waals surface area contributed by atoms with E-state index in [1.165, 1.54) is 36.1 Å².